The molecule has 0 atom stereocenters. The number of hydrogen-bond donors (Lipinski definition) is 1. The van der Waals surface area contributed by atoms with Crippen LogP contribution in [0.5, 0.6) is 5.75 Å². The summed E-state index contributed by atoms with van der Waals surface area (Å²) in [7, 11) is 1.57. The minimum absolute atomic E-state index is 0.157. The third-order valence-corrected chi connectivity index (χ3v) is 5.76. The van der Waals surface area contributed by atoms with Crippen LogP contribution in [0.2, 0.25) is 0 Å². The van der Waals surface area contributed by atoms with Gasteiger partial charge in [0.05, 0.1) is 24.1 Å². The van der Waals surface area contributed by atoms with Gasteiger partial charge in [-0.15, -0.1) is 10.2 Å². The minimum atomic E-state index is -4.57. The molecule has 34 heavy (non-hydrogen) atoms. The van der Waals surface area contributed by atoms with Gasteiger partial charge in [-0.2, -0.15) is 13.2 Å². The van der Waals surface area contributed by atoms with E-state index in [2.05, 4.69) is 15.5 Å². The maximum absolute atomic E-state index is 13.2. The largest absolute Gasteiger partial charge is 0.497 e. The molecule has 6 nitrogen and oxygen atoms in total. The van der Waals surface area contributed by atoms with Crippen molar-refractivity contribution in [2.24, 2.45) is 0 Å². The van der Waals surface area contributed by atoms with Gasteiger partial charge in [-0.1, -0.05) is 54.2 Å². The monoisotopic (exact) mass is 484 g/mol. The van der Waals surface area contributed by atoms with Crippen LogP contribution in [0, 0.1) is 0 Å². The van der Waals surface area contributed by atoms with Crippen LogP contribution in [0.3, 0.4) is 0 Å². The molecule has 0 bridgehead atoms. The van der Waals surface area contributed by atoms with Gasteiger partial charge in [0.25, 0.3) is 0 Å². The van der Waals surface area contributed by atoms with Crippen LogP contribution in [0.15, 0.2) is 84.0 Å². The number of para-hydroxylation sites is 1. The summed E-state index contributed by atoms with van der Waals surface area (Å²) < 4.78 is 46.7. The number of carbonyl (C=O) groups excluding carboxylic acids is 1. The number of aromatic nitrogens is 3. The van der Waals surface area contributed by atoms with Gasteiger partial charge >= 0.3 is 6.18 Å². The molecule has 0 spiro atoms. The highest BCUT2D eigenvalue weighted by Crippen LogP contribution is 2.35. The van der Waals surface area contributed by atoms with E-state index in [0.29, 0.717) is 16.7 Å². The zero-order chi connectivity index (χ0) is 24.1. The van der Waals surface area contributed by atoms with Gasteiger partial charge < -0.3 is 10.1 Å². The Morgan fingerprint density at radius 1 is 0.971 bits per heavy atom. The van der Waals surface area contributed by atoms with E-state index in [9.17, 15) is 18.0 Å². The number of hydrogen-bond acceptors (Lipinski definition) is 5. The lowest BCUT2D eigenvalue weighted by molar-refractivity contribution is -0.137. The van der Waals surface area contributed by atoms with Crippen LogP contribution >= 0.6 is 11.8 Å². The lowest BCUT2D eigenvalue weighted by Crippen LogP contribution is -2.18. The highest BCUT2D eigenvalue weighted by atomic mass is 32.2. The number of thioether (sulfide) groups is 1. The van der Waals surface area contributed by atoms with Crippen LogP contribution in [-0.4, -0.2) is 33.5 Å². The number of ether oxygens (including phenoxy) is 1. The van der Waals surface area contributed by atoms with Gasteiger partial charge in [0, 0.05) is 11.3 Å². The van der Waals surface area contributed by atoms with E-state index in [4.69, 9.17) is 4.74 Å². The Morgan fingerprint density at radius 2 is 1.65 bits per heavy atom. The van der Waals surface area contributed by atoms with Crippen molar-refractivity contribution in [3.8, 4) is 22.8 Å². The van der Waals surface area contributed by atoms with Crippen molar-refractivity contribution in [3.05, 3.63) is 84.4 Å². The fourth-order valence-electron chi connectivity index (χ4n) is 3.26. The molecule has 174 valence electrons. The number of carbonyl (C=O) groups is 1. The van der Waals surface area contributed by atoms with E-state index >= 15 is 0 Å². The number of methoxy groups -OCH3 is 1. The molecule has 10 heteroatoms. The molecule has 0 unspecified atom stereocenters. The maximum Gasteiger partial charge on any atom is 0.418 e. The summed E-state index contributed by atoms with van der Waals surface area (Å²) >= 11 is 1.07. The molecule has 0 saturated heterocycles. The Hall–Kier alpha value is -3.79. The third-order valence-electron chi connectivity index (χ3n) is 4.83. The zero-order valence-electron chi connectivity index (χ0n) is 17.9. The topological polar surface area (TPSA) is 69.0 Å². The Bertz CT molecular complexity index is 1280. The first-order valence-electron chi connectivity index (χ1n) is 10.1. The summed E-state index contributed by atoms with van der Waals surface area (Å²) in [6.45, 7) is 0. The van der Waals surface area contributed by atoms with Crippen LogP contribution < -0.4 is 10.1 Å². The van der Waals surface area contributed by atoms with Gasteiger partial charge in [-0.25, -0.2) is 0 Å². The summed E-state index contributed by atoms with van der Waals surface area (Å²) in [6, 6.07) is 21.5. The molecular formula is C24H19F3N4O2S. The number of anilines is 1. The standard InChI is InChI=1S/C24H19F3N4O2S/c1-33-18-13-11-17(12-14-18)31-22(16-7-3-2-4-8-16)29-30-23(31)34-15-21(32)28-20-10-6-5-9-19(20)24(25,26)27/h2-14H,15H2,1H3,(H,28,32). The first kappa shape index (κ1) is 23.4. The summed E-state index contributed by atoms with van der Waals surface area (Å²) in [5.74, 6) is 0.494. The molecule has 3 aromatic carbocycles. The number of benzene rings is 3. The molecule has 1 heterocycles. The second kappa shape index (κ2) is 10.0. The number of nitrogens with one attached hydrogen (secondary N) is 1. The molecule has 4 aromatic rings. The Labute approximate surface area is 197 Å². The smallest absolute Gasteiger partial charge is 0.418 e. The number of amides is 1. The number of alkyl halides is 3. The lowest BCUT2D eigenvalue weighted by Gasteiger charge is -2.14. The molecule has 0 aliphatic heterocycles. The summed E-state index contributed by atoms with van der Waals surface area (Å²) in [5, 5.41) is 11.3. The predicted molar refractivity (Wildman–Crippen MR) is 124 cm³/mol. The third kappa shape index (κ3) is 5.23. The van der Waals surface area contributed by atoms with Crippen molar-refractivity contribution in [2.45, 2.75) is 11.3 Å². The van der Waals surface area contributed by atoms with E-state index in [1.165, 1.54) is 18.2 Å². The fraction of sp³-hybridized carbons (Fsp3) is 0.125. The van der Waals surface area contributed by atoms with Crippen molar-refractivity contribution >= 4 is 23.4 Å². The number of nitrogens with zero attached hydrogens (tertiary/aromatic N) is 3. The molecule has 1 aromatic heterocycles. The molecular weight excluding hydrogens is 465 g/mol. The maximum atomic E-state index is 13.2. The highest BCUT2D eigenvalue weighted by Gasteiger charge is 2.33. The minimum Gasteiger partial charge on any atom is -0.497 e. The van der Waals surface area contributed by atoms with Crippen molar-refractivity contribution in [1.29, 1.82) is 0 Å². The van der Waals surface area contributed by atoms with Gasteiger partial charge in [0.15, 0.2) is 11.0 Å². The van der Waals surface area contributed by atoms with Gasteiger partial charge in [0.1, 0.15) is 5.75 Å². The zero-order valence-corrected chi connectivity index (χ0v) is 18.7. The highest BCUT2D eigenvalue weighted by molar-refractivity contribution is 7.99. The quantitative estimate of drug-likeness (QED) is 0.341. The van der Waals surface area contributed by atoms with E-state index in [0.717, 1.165) is 29.1 Å². The summed E-state index contributed by atoms with van der Waals surface area (Å²) in [4.78, 5) is 12.5. The molecule has 0 radical (unpaired) electrons. The van der Waals surface area contributed by atoms with E-state index in [-0.39, 0.29) is 11.4 Å². The second-order valence-corrected chi connectivity index (χ2v) is 8.03. The predicted octanol–water partition coefficient (Wildman–Crippen LogP) is 5.69. The Balaban J connectivity index is 1.59. The first-order chi connectivity index (χ1) is 16.4. The van der Waals surface area contributed by atoms with Crippen LogP contribution in [0.4, 0.5) is 18.9 Å². The molecule has 1 N–H and O–H groups in total. The lowest BCUT2D eigenvalue weighted by atomic mass is 10.1. The SMILES string of the molecule is COc1ccc(-n2c(SCC(=O)Nc3ccccc3C(F)(F)F)nnc2-c2ccccc2)cc1. The van der Waals surface area contributed by atoms with Crippen LogP contribution in [0.25, 0.3) is 17.1 Å². The molecule has 0 fully saturated rings. The van der Waals surface area contributed by atoms with Crippen molar-refractivity contribution < 1.29 is 22.7 Å². The van der Waals surface area contributed by atoms with E-state index in [1.54, 1.807) is 23.8 Å². The first-order valence-corrected chi connectivity index (χ1v) is 11.1. The number of rotatable bonds is 7. The van der Waals surface area contributed by atoms with E-state index in [1.807, 2.05) is 42.5 Å². The molecule has 0 saturated carbocycles. The van der Waals surface area contributed by atoms with Crippen LogP contribution in [0.1, 0.15) is 5.56 Å². The molecule has 4 rings (SSSR count). The molecule has 0 aliphatic rings. The summed E-state index contributed by atoms with van der Waals surface area (Å²) in [5.41, 5.74) is 0.375. The van der Waals surface area contributed by atoms with Gasteiger partial charge in [-0.05, 0) is 36.4 Å². The Kier molecular flexibility index (Phi) is 6.87. The van der Waals surface area contributed by atoms with Crippen LogP contribution in [-0.2, 0) is 11.0 Å². The fourth-order valence-corrected chi connectivity index (χ4v) is 4.01. The van der Waals surface area contributed by atoms with Crippen molar-refractivity contribution in [2.75, 3.05) is 18.2 Å². The number of halogens is 3. The molecule has 1 amide bonds. The van der Waals surface area contributed by atoms with Crippen molar-refractivity contribution in [1.82, 2.24) is 14.8 Å². The summed E-state index contributed by atoms with van der Waals surface area (Å²) in [6.07, 6.45) is -4.57. The molecule has 0 aliphatic carbocycles. The average Bonchev–Trinajstić information content (AvgIpc) is 3.27. The second-order valence-electron chi connectivity index (χ2n) is 7.09. The van der Waals surface area contributed by atoms with Gasteiger partial charge in [-0.3, -0.25) is 9.36 Å². The Morgan fingerprint density at radius 3 is 2.32 bits per heavy atom. The average molecular weight is 485 g/mol. The van der Waals surface area contributed by atoms with E-state index < -0.39 is 17.6 Å². The van der Waals surface area contributed by atoms with Crippen molar-refractivity contribution in [3.63, 3.8) is 0 Å². The normalized spacial score (nSPS) is 11.3. The van der Waals surface area contributed by atoms with Gasteiger partial charge in [0.2, 0.25) is 5.91 Å².